The number of anilines is 1. The van der Waals surface area contributed by atoms with Crippen LogP contribution >= 0.6 is 0 Å². The third-order valence-corrected chi connectivity index (χ3v) is 5.01. The maximum Gasteiger partial charge on any atom is 0.319 e. The van der Waals surface area contributed by atoms with Crippen LogP contribution in [0.5, 0.6) is 0 Å². The molecule has 148 valence electrons. The number of aromatic nitrogens is 3. The van der Waals surface area contributed by atoms with Crippen LogP contribution in [-0.4, -0.2) is 46.0 Å². The molecular weight excluding hydrogens is 360 g/mol. The van der Waals surface area contributed by atoms with Crippen molar-refractivity contribution in [1.82, 2.24) is 25.4 Å². The summed E-state index contributed by atoms with van der Waals surface area (Å²) < 4.78 is 7.54. The first-order chi connectivity index (χ1) is 13.7. The zero-order chi connectivity index (χ0) is 19.3. The second-order valence-corrected chi connectivity index (χ2v) is 7.02. The minimum absolute atomic E-state index is 0.111. The third kappa shape index (κ3) is 4.30. The molecule has 2 aromatic rings. The van der Waals surface area contributed by atoms with E-state index in [2.05, 4.69) is 26.1 Å². The first kappa shape index (κ1) is 18.4. The Hall–Kier alpha value is -2.94. The van der Waals surface area contributed by atoms with Crippen LogP contribution in [0.2, 0.25) is 0 Å². The molecule has 0 radical (unpaired) electrons. The predicted molar refractivity (Wildman–Crippen MR) is 102 cm³/mol. The van der Waals surface area contributed by atoms with E-state index in [1.807, 2.05) is 4.57 Å². The highest BCUT2D eigenvalue weighted by atomic mass is 16.5. The Morgan fingerprint density at radius 2 is 2.00 bits per heavy atom. The van der Waals surface area contributed by atoms with Gasteiger partial charge in [-0.3, -0.25) is 4.79 Å². The van der Waals surface area contributed by atoms with Crippen LogP contribution in [0.4, 0.5) is 10.5 Å². The topological polar surface area (TPSA) is 110 Å². The van der Waals surface area contributed by atoms with Crippen LogP contribution < -0.4 is 16.0 Å². The molecule has 1 saturated heterocycles. The van der Waals surface area contributed by atoms with E-state index in [0.29, 0.717) is 24.3 Å². The summed E-state index contributed by atoms with van der Waals surface area (Å²) in [5, 5.41) is 16.7. The number of nitrogens with one attached hydrogen (secondary N) is 3. The highest BCUT2D eigenvalue weighted by Crippen LogP contribution is 2.14. The van der Waals surface area contributed by atoms with E-state index in [4.69, 9.17) is 4.74 Å². The van der Waals surface area contributed by atoms with E-state index < -0.39 is 0 Å². The molecule has 0 aliphatic carbocycles. The molecule has 1 aromatic carbocycles. The Bertz CT molecular complexity index is 842. The highest BCUT2D eigenvalue weighted by molar-refractivity contribution is 5.95. The summed E-state index contributed by atoms with van der Waals surface area (Å²) in [6, 6.07) is 6.45. The van der Waals surface area contributed by atoms with Crippen LogP contribution in [0.1, 0.15) is 41.3 Å². The van der Waals surface area contributed by atoms with Crippen molar-refractivity contribution in [2.24, 2.45) is 0 Å². The van der Waals surface area contributed by atoms with Crippen molar-refractivity contribution in [1.29, 1.82) is 0 Å². The van der Waals surface area contributed by atoms with E-state index in [1.165, 1.54) is 0 Å². The van der Waals surface area contributed by atoms with E-state index in [-0.39, 0.29) is 18.0 Å². The average molecular weight is 384 g/mol. The van der Waals surface area contributed by atoms with Crippen molar-refractivity contribution >= 4 is 17.6 Å². The Balaban J connectivity index is 1.24. The lowest BCUT2D eigenvalue weighted by atomic mass is 10.2. The number of urea groups is 1. The number of benzene rings is 1. The van der Waals surface area contributed by atoms with E-state index in [1.54, 1.807) is 24.3 Å². The van der Waals surface area contributed by atoms with Crippen molar-refractivity contribution in [3.63, 3.8) is 0 Å². The number of amides is 3. The van der Waals surface area contributed by atoms with E-state index in [0.717, 1.165) is 50.5 Å². The van der Waals surface area contributed by atoms with Gasteiger partial charge < -0.3 is 25.3 Å². The number of rotatable bonds is 6. The standard InChI is InChI=1S/C19H24N6O3/c26-18(20-11-15-3-2-10-28-15)13-5-7-14(8-6-13)22-19(27)21-12-17-24-23-16-4-1-9-25(16)17/h5-8,15H,1-4,9-12H2,(H,20,26)(H2,21,22,27). The van der Waals surface area contributed by atoms with Crippen molar-refractivity contribution in [3.8, 4) is 0 Å². The Kier molecular flexibility index (Phi) is 5.52. The zero-order valence-corrected chi connectivity index (χ0v) is 15.6. The SMILES string of the molecule is O=C(NCc1nnc2n1CCC2)Nc1ccc(C(=O)NCC2CCCO2)cc1. The van der Waals surface area contributed by atoms with Gasteiger partial charge in [-0.2, -0.15) is 0 Å². The molecule has 0 saturated carbocycles. The van der Waals surface area contributed by atoms with E-state index in [9.17, 15) is 9.59 Å². The van der Waals surface area contributed by atoms with Gasteiger partial charge in [-0.15, -0.1) is 10.2 Å². The number of hydrogen-bond donors (Lipinski definition) is 3. The minimum Gasteiger partial charge on any atom is -0.376 e. The molecule has 9 nitrogen and oxygen atoms in total. The molecule has 0 spiro atoms. The number of carbonyl (C=O) groups is 2. The molecule has 0 bridgehead atoms. The second kappa shape index (κ2) is 8.39. The van der Waals surface area contributed by atoms with Gasteiger partial charge in [0.2, 0.25) is 0 Å². The maximum atomic E-state index is 12.2. The van der Waals surface area contributed by atoms with Gasteiger partial charge in [0.15, 0.2) is 5.82 Å². The molecule has 3 amide bonds. The van der Waals surface area contributed by atoms with Crippen LogP contribution in [0, 0.1) is 0 Å². The summed E-state index contributed by atoms with van der Waals surface area (Å²) in [4.78, 5) is 24.3. The van der Waals surface area contributed by atoms with Gasteiger partial charge in [0, 0.05) is 37.4 Å². The van der Waals surface area contributed by atoms with Crippen molar-refractivity contribution < 1.29 is 14.3 Å². The molecule has 3 N–H and O–H groups in total. The lowest BCUT2D eigenvalue weighted by molar-refractivity contribution is 0.0858. The normalized spacial score (nSPS) is 17.9. The number of aryl methyl sites for hydroxylation is 1. The fraction of sp³-hybridized carbons (Fsp3) is 0.474. The Labute approximate surface area is 162 Å². The van der Waals surface area contributed by atoms with Crippen LogP contribution in [-0.2, 0) is 24.2 Å². The minimum atomic E-state index is -0.328. The average Bonchev–Trinajstić information content (AvgIpc) is 3.44. The summed E-state index contributed by atoms with van der Waals surface area (Å²) in [5.74, 6) is 1.60. The lowest BCUT2D eigenvalue weighted by Gasteiger charge is -2.11. The smallest absolute Gasteiger partial charge is 0.319 e. The summed E-state index contributed by atoms with van der Waals surface area (Å²) in [5.41, 5.74) is 1.16. The fourth-order valence-electron chi connectivity index (χ4n) is 3.49. The number of fused-ring (bicyclic) bond motifs is 1. The Morgan fingerprint density at radius 3 is 2.79 bits per heavy atom. The van der Waals surface area contributed by atoms with Crippen molar-refractivity contribution in [3.05, 3.63) is 41.5 Å². The molecule has 4 rings (SSSR count). The molecule has 3 heterocycles. The summed E-state index contributed by atoms with van der Waals surface area (Å²) in [6.07, 6.45) is 4.14. The molecule has 2 aliphatic heterocycles. The van der Waals surface area contributed by atoms with Crippen molar-refractivity contribution in [2.45, 2.75) is 44.9 Å². The molecule has 1 aromatic heterocycles. The maximum absolute atomic E-state index is 12.2. The Morgan fingerprint density at radius 1 is 1.14 bits per heavy atom. The van der Waals surface area contributed by atoms with Gasteiger partial charge in [-0.25, -0.2) is 4.79 Å². The van der Waals surface area contributed by atoms with Crippen LogP contribution in [0.25, 0.3) is 0 Å². The molecule has 28 heavy (non-hydrogen) atoms. The van der Waals surface area contributed by atoms with Gasteiger partial charge >= 0.3 is 6.03 Å². The summed E-state index contributed by atoms with van der Waals surface area (Å²) in [6.45, 7) is 2.51. The molecule has 1 atom stereocenters. The second-order valence-electron chi connectivity index (χ2n) is 7.02. The van der Waals surface area contributed by atoms with Gasteiger partial charge in [-0.1, -0.05) is 0 Å². The first-order valence-corrected chi connectivity index (χ1v) is 9.65. The largest absolute Gasteiger partial charge is 0.376 e. The fourth-order valence-corrected chi connectivity index (χ4v) is 3.49. The number of carbonyl (C=O) groups excluding carboxylic acids is 2. The molecule has 1 unspecified atom stereocenters. The number of ether oxygens (including phenoxy) is 1. The molecule has 1 fully saturated rings. The quantitative estimate of drug-likeness (QED) is 0.698. The predicted octanol–water partition coefficient (Wildman–Crippen LogP) is 1.45. The van der Waals surface area contributed by atoms with Gasteiger partial charge in [-0.05, 0) is 43.5 Å². The third-order valence-electron chi connectivity index (χ3n) is 5.01. The highest BCUT2D eigenvalue weighted by Gasteiger charge is 2.18. The zero-order valence-electron chi connectivity index (χ0n) is 15.6. The van der Waals surface area contributed by atoms with E-state index >= 15 is 0 Å². The van der Waals surface area contributed by atoms with Crippen LogP contribution in [0.15, 0.2) is 24.3 Å². The van der Waals surface area contributed by atoms with Gasteiger partial charge in [0.25, 0.3) is 5.91 Å². The molecular formula is C19H24N6O3. The number of hydrogen-bond acceptors (Lipinski definition) is 5. The van der Waals surface area contributed by atoms with Gasteiger partial charge in [0.05, 0.1) is 12.6 Å². The first-order valence-electron chi connectivity index (χ1n) is 9.65. The monoisotopic (exact) mass is 384 g/mol. The lowest BCUT2D eigenvalue weighted by Crippen LogP contribution is -2.31. The summed E-state index contributed by atoms with van der Waals surface area (Å²) >= 11 is 0. The summed E-state index contributed by atoms with van der Waals surface area (Å²) in [7, 11) is 0. The molecule has 2 aliphatic rings. The molecule has 9 heteroatoms. The van der Waals surface area contributed by atoms with Crippen LogP contribution in [0.3, 0.4) is 0 Å². The van der Waals surface area contributed by atoms with Crippen molar-refractivity contribution in [2.75, 3.05) is 18.5 Å². The van der Waals surface area contributed by atoms with Gasteiger partial charge in [0.1, 0.15) is 5.82 Å². The number of nitrogens with zero attached hydrogens (tertiary/aromatic N) is 3.